The molecule has 0 radical (unpaired) electrons. The Morgan fingerprint density at radius 3 is 2.11 bits per heavy atom. The average Bonchev–Trinajstić information content (AvgIpc) is 1.90. The summed E-state index contributed by atoms with van der Waals surface area (Å²) in [6, 6.07) is 0. The zero-order valence-electron chi connectivity index (χ0n) is 6.11. The van der Waals surface area contributed by atoms with Gasteiger partial charge >= 0.3 is 0 Å². The summed E-state index contributed by atoms with van der Waals surface area (Å²) in [5, 5.41) is 0.526. The lowest BCUT2D eigenvalue weighted by molar-refractivity contribution is 0.418. The third kappa shape index (κ3) is 1.91. The number of hydrogen-bond acceptors (Lipinski definition) is 1. The average molecular weight is 145 g/mol. The van der Waals surface area contributed by atoms with Crippen LogP contribution in [0.3, 0.4) is 0 Å². The standard InChI is InChI=1S/C7H16NP/c1-7(9-8)5-3-2-4-6-7/h9H,2-6,8H2,1H3. The summed E-state index contributed by atoms with van der Waals surface area (Å²) in [6.07, 6.45) is 6.96. The van der Waals surface area contributed by atoms with E-state index in [0.717, 1.165) is 0 Å². The smallest absolute Gasteiger partial charge is 0.00221 e. The third-order valence-electron chi connectivity index (χ3n) is 2.31. The van der Waals surface area contributed by atoms with Crippen molar-refractivity contribution < 1.29 is 0 Å². The van der Waals surface area contributed by atoms with Gasteiger partial charge in [0.25, 0.3) is 0 Å². The number of nitrogens with two attached hydrogens (primary N) is 1. The fourth-order valence-corrected chi connectivity index (χ4v) is 2.12. The van der Waals surface area contributed by atoms with Gasteiger partial charge in [-0.05, 0) is 18.0 Å². The van der Waals surface area contributed by atoms with E-state index in [2.05, 4.69) is 6.92 Å². The molecule has 0 heterocycles. The largest absolute Gasteiger partial charge is 0.312 e. The lowest BCUT2D eigenvalue weighted by Gasteiger charge is -2.31. The zero-order chi connectivity index (χ0) is 6.74. The normalized spacial score (nSPS) is 27.3. The molecule has 1 unspecified atom stereocenters. The maximum atomic E-state index is 5.67. The van der Waals surface area contributed by atoms with E-state index >= 15 is 0 Å². The van der Waals surface area contributed by atoms with Crippen molar-refractivity contribution in [1.82, 2.24) is 0 Å². The minimum Gasteiger partial charge on any atom is -0.312 e. The van der Waals surface area contributed by atoms with E-state index in [4.69, 9.17) is 5.50 Å². The van der Waals surface area contributed by atoms with Crippen LogP contribution in [0.25, 0.3) is 0 Å². The Labute approximate surface area is 59.2 Å². The Morgan fingerprint density at radius 1 is 1.22 bits per heavy atom. The molecule has 1 saturated carbocycles. The van der Waals surface area contributed by atoms with Gasteiger partial charge in [0.15, 0.2) is 0 Å². The highest BCUT2D eigenvalue weighted by Gasteiger charge is 2.24. The lowest BCUT2D eigenvalue weighted by Crippen LogP contribution is -2.23. The van der Waals surface area contributed by atoms with Gasteiger partial charge in [-0.1, -0.05) is 34.9 Å². The molecule has 1 aliphatic rings. The van der Waals surface area contributed by atoms with E-state index < -0.39 is 0 Å². The quantitative estimate of drug-likeness (QED) is 0.563. The Balaban J connectivity index is 2.37. The summed E-state index contributed by atoms with van der Waals surface area (Å²) in [4.78, 5) is 0. The van der Waals surface area contributed by atoms with E-state index in [9.17, 15) is 0 Å². The molecule has 1 atom stereocenters. The predicted molar refractivity (Wildman–Crippen MR) is 44.0 cm³/mol. The van der Waals surface area contributed by atoms with Crippen LogP contribution in [0.1, 0.15) is 39.0 Å². The van der Waals surface area contributed by atoms with Gasteiger partial charge in [-0.2, -0.15) is 0 Å². The molecule has 0 spiro atoms. The van der Waals surface area contributed by atoms with Crippen molar-refractivity contribution in [3.8, 4) is 0 Å². The molecule has 0 aromatic rings. The molecule has 1 nitrogen and oxygen atoms in total. The molecule has 54 valence electrons. The molecule has 9 heavy (non-hydrogen) atoms. The first kappa shape index (κ1) is 7.50. The second-order valence-corrected chi connectivity index (χ2v) is 4.76. The van der Waals surface area contributed by atoms with Crippen LogP contribution >= 0.6 is 8.73 Å². The molecule has 0 aromatic carbocycles. The SMILES string of the molecule is CC1(PN)CCCCC1. The molecule has 0 aliphatic heterocycles. The number of rotatable bonds is 1. The van der Waals surface area contributed by atoms with Crippen molar-refractivity contribution in [1.29, 1.82) is 0 Å². The van der Waals surface area contributed by atoms with Gasteiger partial charge in [0.1, 0.15) is 0 Å². The summed E-state index contributed by atoms with van der Waals surface area (Å²) in [5.74, 6) is 0. The molecule has 1 aliphatic carbocycles. The molecule has 2 N–H and O–H groups in total. The van der Waals surface area contributed by atoms with Crippen LogP contribution in [-0.4, -0.2) is 5.16 Å². The fourth-order valence-electron chi connectivity index (χ4n) is 1.48. The van der Waals surface area contributed by atoms with Crippen molar-refractivity contribution in [3.05, 3.63) is 0 Å². The van der Waals surface area contributed by atoms with Crippen LogP contribution in [0.4, 0.5) is 0 Å². The maximum absolute atomic E-state index is 5.67. The molecular formula is C7H16NP. The van der Waals surface area contributed by atoms with Crippen LogP contribution < -0.4 is 5.50 Å². The molecule has 0 saturated heterocycles. The van der Waals surface area contributed by atoms with Gasteiger partial charge in [-0.15, -0.1) is 0 Å². The minimum atomic E-state index is 0.526. The molecular weight excluding hydrogens is 129 g/mol. The van der Waals surface area contributed by atoms with Gasteiger partial charge < -0.3 is 5.50 Å². The van der Waals surface area contributed by atoms with E-state index in [1.165, 1.54) is 32.1 Å². The predicted octanol–water partition coefficient (Wildman–Crippen LogP) is 2.26. The van der Waals surface area contributed by atoms with E-state index in [1.54, 1.807) is 0 Å². The molecule has 1 fully saturated rings. The zero-order valence-corrected chi connectivity index (χ0v) is 7.11. The summed E-state index contributed by atoms with van der Waals surface area (Å²) in [7, 11) is 0.660. The van der Waals surface area contributed by atoms with E-state index in [0.29, 0.717) is 13.9 Å². The summed E-state index contributed by atoms with van der Waals surface area (Å²) >= 11 is 0. The Hall–Kier alpha value is 0.390. The van der Waals surface area contributed by atoms with Crippen molar-refractivity contribution >= 4 is 8.73 Å². The van der Waals surface area contributed by atoms with E-state index in [1.807, 2.05) is 0 Å². The van der Waals surface area contributed by atoms with Gasteiger partial charge in [0, 0.05) is 0 Å². The Morgan fingerprint density at radius 2 is 1.78 bits per heavy atom. The number of hydrogen-bond donors (Lipinski definition) is 1. The monoisotopic (exact) mass is 145 g/mol. The van der Waals surface area contributed by atoms with Gasteiger partial charge in [-0.25, -0.2) is 0 Å². The molecule has 0 amide bonds. The first-order valence-corrected chi connectivity index (χ1v) is 4.82. The topological polar surface area (TPSA) is 26.0 Å². The molecule has 0 bridgehead atoms. The van der Waals surface area contributed by atoms with Crippen molar-refractivity contribution in [2.24, 2.45) is 5.50 Å². The van der Waals surface area contributed by atoms with Crippen molar-refractivity contribution in [2.45, 2.75) is 44.2 Å². The van der Waals surface area contributed by atoms with Gasteiger partial charge in [0.05, 0.1) is 0 Å². The van der Waals surface area contributed by atoms with E-state index in [-0.39, 0.29) is 0 Å². The lowest BCUT2D eigenvalue weighted by atomic mass is 9.90. The first-order valence-electron chi connectivity index (χ1n) is 3.75. The summed E-state index contributed by atoms with van der Waals surface area (Å²) in [5.41, 5.74) is 5.67. The second-order valence-electron chi connectivity index (χ2n) is 3.27. The van der Waals surface area contributed by atoms with Crippen LogP contribution in [0.2, 0.25) is 0 Å². The first-order chi connectivity index (χ1) is 4.27. The highest BCUT2D eigenvalue weighted by molar-refractivity contribution is 7.37. The van der Waals surface area contributed by atoms with Gasteiger partial charge in [-0.3, -0.25) is 0 Å². The summed E-state index contributed by atoms with van der Waals surface area (Å²) in [6.45, 7) is 2.32. The Kier molecular flexibility index (Phi) is 2.49. The summed E-state index contributed by atoms with van der Waals surface area (Å²) < 4.78 is 0. The molecule has 1 rings (SSSR count). The van der Waals surface area contributed by atoms with Crippen LogP contribution in [0, 0.1) is 0 Å². The highest BCUT2D eigenvalue weighted by Crippen LogP contribution is 2.39. The van der Waals surface area contributed by atoms with Crippen LogP contribution in [0.5, 0.6) is 0 Å². The fraction of sp³-hybridized carbons (Fsp3) is 1.00. The second kappa shape index (κ2) is 2.98. The van der Waals surface area contributed by atoms with Crippen LogP contribution in [0.15, 0.2) is 0 Å². The Bertz CT molecular complexity index is 86.9. The molecule has 0 aromatic heterocycles. The van der Waals surface area contributed by atoms with Crippen molar-refractivity contribution in [3.63, 3.8) is 0 Å². The highest BCUT2D eigenvalue weighted by atomic mass is 31.1. The van der Waals surface area contributed by atoms with Crippen LogP contribution in [-0.2, 0) is 0 Å². The third-order valence-corrected chi connectivity index (χ3v) is 3.50. The van der Waals surface area contributed by atoms with Gasteiger partial charge in [0.2, 0.25) is 0 Å². The molecule has 2 heteroatoms. The minimum absolute atomic E-state index is 0.526. The maximum Gasteiger partial charge on any atom is -0.00221 e. The van der Waals surface area contributed by atoms with Crippen molar-refractivity contribution in [2.75, 3.05) is 0 Å².